The van der Waals surface area contributed by atoms with Crippen LogP contribution in [0.4, 0.5) is 0 Å². The minimum Gasteiger partial charge on any atom is -0.493 e. The lowest BCUT2D eigenvalue weighted by Gasteiger charge is -2.09. The van der Waals surface area contributed by atoms with Crippen molar-refractivity contribution < 1.29 is 4.74 Å². The molecule has 0 unspecified atom stereocenters. The molecule has 0 N–H and O–H groups in total. The first-order chi connectivity index (χ1) is 11.1. The third-order valence-electron chi connectivity index (χ3n) is 3.62. The number of ether oxygens (including phenoxy) is 1. The summed E-state index contributed by atoms with van der Waals surface area (Å²) in [5.74, 6) is 1.93. The highest BCUT2D eigenvalue weighted by Gasteiger charge is 2.08. The number of rotatable bonds is 6. The molecule has 2 heterocycles. The molecule has 0 aliphatic heterocycles. The highest BCUT2D eigenvalue weighted by atomic mass is 32.2. The summed E-state index contributed by atoms with van der Waals surface area (Å²) in [6, 6.07) is 6.29. The monoisotopic (exact) mass is 328 g/mol. The Bertz CT molecular complexity index is 815. The molecular formula is C17H20N4OS. The molecule has 0 amide bonds. The van der Waals surface area contributed by atoms with Crippen LogP contribution in [0.2, 0.25) is 0 Å². The maximum Gasteiger partial charge on any atom is 0.162 e. The maximum atomic E-state index is 5.88. The number of benzene rings is 1. The van der Waals surface area contributed by atoms with Gasteiger partial charge in [0.1, 0.15) is 17.1 Å². The van der Waals surface area contributed by atoms with Crippen LogP contribution < -0.4 is 4.74 Å². The predicted octanol–water partition coefficient (Wildman–Crippen LogP) is 3.54. The van der Waals surface area contributed by atoms with Gasteiger partial charge in [-0.25, -0.2) is 9.97 Å². The molecule has 3 aromatic rings. The fourth-order valence-corrected chi connectivity index (χ4v) is 3.21. The zero-order valence-electron chi connectivity index (χ0n) is 13.6. The first-order valence-corrected chi connectivity index (χ1v) is 8.59. The Morgan fingerprint density at radius 1 is 1.22 bits per heavy atom. The van der Waals surface area contributed by atoms with Crippen molar-refractivity contribution in [3.8, 4) is 5.75 Å². The van der Waals surface area contributed by atoms with Gasteiger partial charge >= 0.3 is 0 Å². The van der Waals surface area contributed by atoms with Gasteiger partial charge in [-0.1, -0.05) is 12.1 Å². The van der Waals surface area contributed by atoms with Crippen molar-refractivity contribution in [1.29, 1.82) is 0 Å². The number of aryl methyl sites for hydroxylation is 3. The highest BCUT2D eigenvalue weighted by molar-refractivity contribution is 7.99. The van der Waals surface area contributed by atoms with Crippen LogP contribution in [0.15, 0.2) is 35.7 Å². The summed E-state index contributed by atoms with van der Waals surface area (Å²) in [4.78, 5) is 8.61. The van der Waals surface area contributed by atoms with Crippen molar-refractivity contribution in [2.24, 2.45) is 7.05 Å². The average molecular weight is 328 g/mol. The Labute approximate surface area is 140 Å². The quantitative estimate of drug-likeness (QED) is 0.393. The summed E-state index contributed by atoms with van der Waals surface area (Å²) in [6.07, 6.45) is 4.38. The molecule has 2 aromatic heterocycles. The molecule has 6 heteroatoms. The summed E-state index contributed by atoms with van der Waals surface area (Å²) < 4.78 is 7.65. The number of aromatic nitrogens is 4. The van der Waals surface area contributed by atoms with Crippen molar-refractivity contribution in [3.05, 3.63) is 41.9 Å². The topological polar surface area (TPSA) is 52.8 Å². The van der Waals surface area contributed by atoms with Crippen LogP contribution in [0, 0.1) is 13.8 Å². The van der Waals surface area contributed by atoms with Crippen LogP contribution in [0.5, 0.6) is 5.75 Å². The van der Waals surface area contributed by atoms with Gasteiger partial charge < -0.3 is 4.74 Å². The molecular weight excluding hydrogens is 308 g/mol. The molecule has 0 radical (unpaired) electrons. The minimum absolute atomic E-state index is 0.707. The van der Waals surface area contributed by atoms with E-state index in [9.17, 15) is 0 Å². The van der Waals surface area contributed by atoms with Gasteiger partial charge in [0.25, 0.3) is 0 Å². The zero-order chi connectivity index (χ0) is 16.2. The Morgan fingerprint density at radius 2 is 2.09 bits per heavy atom. The smallest absolute Gasteiger partial charge is 0.162 e. The van der Waals surface area contributed by atoms with Crippen LogP contribution >= 0.6 is 11.8 Å². The number of thioether (sulfide) groups is 1. The van der Waals surface area contributed by atoms with E-state index in [1.165, 1.54) is 11.1 Å². The first kappa shape index (κ1) is 15.8. The Morgan fingerprint density at radius 3 is 2.96 bits per heavy atom. The fraction of sp³-hybridized carbons (Fsp3) is 0.353. The van der Waals surface area contributed by atoms with Crippen molar-refractivity contribution in [3.63, 3.8) is 0 Å². The molecule has 0 aliphatic carbocycles. The molecule has 120 valence electrons. The van der Waals surface area contributed by atoms with Crippen LogP contribution in [-0.4, -0.2) is 32.1 Å². The van der Waals surface area contributed by atoms with Crippen LogP contribution in [0.3, 0.4) is 0 Å². The van der Waals surface area contributed by atoms with E-state index in [-0.39, 0.29) is 0 Å². The van der Waals surface area contributed by atoms with E-state index >= 15 is 0 Å². The first-order valence-electron chi connectivity index (χ1n) is 7.60. The summed E-state index contributed by atoms with van der Waals surface area (Å²) in [6.45, 7) is 4.86. The van der Waals surface area contributed by atoms with Crippen LogP contribution in [0.1, 0.15) is 17.5 Å². The highest BCUT2D eigenvalue weighted by Crippen LogP contribution is 2.24. The summed E-state index contributed by atoms with van der Waals surface area (Å²) in [5, 5.41) is 6.23. The normalized spacial score (nSPS) is 11.1. The van der Waals surface area contributed by atoms with Gasteiger partial charge in [-0.15, -0.1) is 11.8 Å². The van der Waals surface area contributed by atoms with E-state index in [4.69, 9.17) is 4.74 Å². The van der Waals surface area contributed by atoms with Crippen molar-refractivity contribution in [1.82, 2.24) is 19.7 Å². The second kappa shape index (κ2) is 7.00. The SMILES string of the molecule is Cc1ccc(C)c(OCCCSc2ncnc3c2cnn3C)c1. The Balaban J connectivity index is 1.52. The standard InChI is InChI=1S/C17H20N4OS/c1-12-5-6-13(2)15(9-12)22-7-4-8-23-17-14-10-20-21(3)16(14)18-11-19-17/h5-6,9-11H,4,7-8H2,1-3H3. The molecule has 23 heavy (non-hydrogen) atoms. The van der Waals surface area contributed by atoms with Crippen molar-refractivity contribution >= 4 is 22.8 Å². The van der Waals surface area contributed by atoms with Gasteiger partial charge in [0, 0.05) is 12.8 Å². The molecule has 0 bridgehead atoms. The van der Waals surface area contributed by atoms with Gasteiger partial charge in [0.2, 0.25) is 0 Å². The Kier molecular flexibility index (Phi) is 4.81. The molecule has 0 fully saturated rings. The lowest BCUT2D eigenvalue weighted by Crippen LogP contribution is -2.00. The molecule has 0 atom stereocenters. The van der Waals surface area contributed by atoms with Gasteiger partial charge in [0.05, 0.1) is 18.2 Å². The fourth-order valence-electron chi connectivity index (χ4n) is 2.33. The number of nitrogens with zero attached hydrogens (tertiary/aromatic N) is 4. The predicted molar refractivity (Wildman–Crippen MR) is 93.1 cm³/mol. The van der Waals surface area contributed by atoms with E-state index in [0.717, 1.165) is 34.0 Å². The van der Waals surface area contributed by atoms with Gasteiger partial charge in [-0.2, -0.15) is 5.10 Å². The van der Waals surface area contributed by atoms with E-state index in [1.807, 2.05) is 13.2 Å². The molecule has 0 spiro atoms. The van der Waals surface area contributed by atoms with E-state index in [1.54, 1.807) is 22.8 Å². The number of fused-ring (bicyclic) bond motifs is 1. The second-order valence-electron chi connectivity index (χ2n) is 5.50. The summed E-state index contributed by atoms with van der Waals surface area (Å²) in [5.41, 5.74) is 3.27. The molecule has 0 saturated carbocycles. The summed E-state index contributed by atoms with van der Waals surface area (Å²) in [7, 11) is 1.89. The Hall–Kier alpha value is -2.08. The molecule has 0 saturated heterocycles. The third-order valence-corrected chi connectivity index (χ3v) is 4.71. The lowest BCUT2D eigenvalue weighted by molar-refractivity contribution is 0.316. The van der Waals surface area contributed by atoms with E-state index in [2.05, 4.69) is 47.1 Å². The lowest BCUT2D eigenvalue weighted by atomic mass is 10.1. The van der Waals surface area contributed by atoms with E-state index in [0.29, 0.717) is 6.61 Å². The largest absolute Gasteiger partial charge is 0.493 e. The van der Waals surface area contributed by atoms with Gasteiger partial charge in [-0.05, 0) is 37.5 Å². The molecule has 5 nitrogen and oxygen atoms in total. The van der Waals surface area contributed by atoms with Gasteiger partial charge in [-0.3, -0.25) is 4.68 Å². The summed E-state index contributed by atoms with van der Waals surface area (Å²) >= 11 is 1.72. The second-order valence-corrected chi connectivity index (χ2v) is 6.59. The third kappa shape index (κ3) is 3.64. The maximum absolute atomic E-state index is 5.88. The minimum atomic E-state index is 0.707. The zero-order valence-corrected chi connectivity index (χ0v) is 14.4. The molecule has 3 rings (SSSR count). The molecule has 0 aliphatic rings. The van der Waals surface area contributed by atoms with Crippen molar-refractivity contribution in [2.75, 3.05) is 12.4 Å². The van der Waals surface area contributed by atoms with Crippen LogP contribution in [-0.2, 0) is 7.05 Å². The number of hydrogen-bond acceptors (Lipinski definition) is 5. The van der Waals surface area contributed by atoms with Gasteiger partial charge in [0.15, 0.2) is 5.65 Å². The van der Waals surface area contributed by atoms with Crippen LogP contribution in [0.25, 0.3) is 11.0 Å². The van der Waals surface area contributed by atoms with E-state index < -0.39 is 0 Å². The number of hydrogen-bond donors (Lipinski definition) is 0. The average Bonchev–Trinajstić information content (AvgIpc) is 2.93. The molecule has 1 aromatic carbocycles. The van der Waals surface area contributed by atoms with Crippen molar-refractivity contribution in [2.45, 2.75) is 25.3 Å².